The Labute approximate surface area is 209 Å². The molecule has 0 spiro atoms. The lowest BCUT2D eigenvalue weighted by Crippen LogP contribution is -2.54. The van der Waals surface area contributed by atoms with Crippen LogP contribution in [0.3, 0.4) is 0 Å². The smallest absolute Gasteiger partial charge is 0.329 e. The molecule has 36 heavy (non-hydrogen) atoms. The molecule has 0 bridgehead atoms. The zero-order chi connectivity index (χ0) is 25.5. The van der Waals surface area contributed by atoms with E-state index in [1.807, 2.05) is 30.3 Å². The summed E-state index contributed by atoms with van der Waals surface area (Å²) in [6.45, 7) is 1.75. The van der Waals surface area contributed by atoms with Gasteiger partial charge in [-0.1, -0.05) is 48.5 Å². The zero-order valence-corrected chi connectivity index (χ0v) is 20.5. The minimum Gasteiger partial charge on any atom is -0.454 e. The Kier molecular flexibility index (Phi) is 5.83. The van der Waals surface area contributed by atoms with E-state index in [1.165, 1.54) is 11.0 Å². The maximum absolute atomic E-state index is 13.8. The first-order chi connectivity index (χ1) is 17.2. The monoisotopic (exact) mass is 507 g/mol. The molecule has 9 nitrogen and oxygen atoms in total. The van der Waals surface area contributed by atoms with Crippen LogP contribution < -0.4 is 24.4 Å². The normalized spacial score (nSPS) is 19.9. The fourth-order valence-corrected chi connectivity index (χ4v) is 5.71. The number of carbonyl (C=O) groups excluding carboxylic acids is 2. The van der Waals surface area contributed by atoms with Gasteiger partial charge in [-0.25, -0.2) is 17.9 Å². The standard InChI is InChI=1S/C26H25N3O6S/c1-17-8-6-7-11-23(17)36(32,33)28-25(31)27-26(15-20(26)18-9-4-3-5-10-18)24(30)29(2)19-12-13-21-22(14-19)35-16-34-21/h3-14,20H,15-16H2,1-2H3,(H2,27,28,31). The Hall–Kier alpha value is -4.05. The number of benzene rings is 3. The molecular formula is C26H25N3O6S. The highest BCUT2D eigenvalue weighted by Crippen LogP contribution is 2.53. The number of fused-ring (bicyclic) bond motifs is 1. The van der Waals surface area contributed by atoms with Gasteiger partial charge in [0.2, 0.25) is 6.79 Å². The molecule has 2 N–H and O–H groups in total. The number of carbonyl (C=O) groups is 2. The number of sulfonamides is 1. The Balaban J connectivity index is 1.42. The van der Waals surface area contributed by atoms with E-state index in [-0.39, 0.29) is 23.5 Å². The number of hydrogen-bond acceptors (Lipinski definition) is 6. The van der Waals surface area contributed by atoms with E-state index in [4.69, 9.17) is 9.47 Å². The number of amides is 3. The summed E-state index contributed by atoms with van der Waals surface area (Å²) in [6.07, 6.45) is 0.322. The molecule has 0 aromatic heterocycles. The summed E-state index contributed by atoms with van der Waals surface area (Å²) in [6, 6.07) is 19.8. The largest absolute Gasteiger partial charge is 0.454 e. The summed E-state index contributed by atoms with van der Waals surface area (Å²) in [5, 5.41) is 2.69. The third-order valence-electron chi connectivity index (χ3n) is 6.54. The van der Waals surface area contributed by atoms with E-state index in [1.54, 1.807) is 50.4 Å². The van der Waals surface area contributed by atoms with Gasteiger partial charge in [0.25, 0.3) is 15.9 Å². The van der Waals surface area contributed by atoms with Crippen LogP contribution in [-0.4, -0.2) is 39.7 Å². The molecule has 2 atom stereocenters. The Morgan fingerprint density at radius 2 is 1.67 bits per heavy atom. The second-order valence-electron chi connectivity index (χ2n) is 8.87. The lowest BCUT2D eigenvalue weighted by Gasteiger charge is -2.26. The van der Waals surface area contributed by atoms with E-state index >= 15 is 0 Å². The van der Waals surface area contributed by atoms with Crippen LogP contribution in [0.4, 0.5) is 10.5 Å². The van der Waals surface area contributed by atoms with Crippen LogP contribution in [0.25, 0.3) is 0 Å². The molecule has 3 aromatic carbocycles. The van der Waals surface area contributed by atoms with Crippen LogP contribution in [0.15, 0.2) is 77.7 Å². The van der Waals surface area contributed by atoms with Gasteiger partial charge in [0.1, 0.15) is 5.54 Å². The SMILES string of the molecule is Cc1ccccc1S(=O)(=O)NC(=O)NC1(C(=O)N(C)c2ccc3c(c2)OCO3)CC1c1ccccc1. The van der Waals surface area contributed by atoms with Crippen molar-refractivity contribution < 1.29 is 27.5 Å². The summed E-state index contributed by atoms with van der Waals surface area (Å²) >= 11 is 0. The summed E-state index contributed by atoms with van der Waals surface area (Å²) < 4.78 is 38.6. The molecule has 0 saturated heterocycles. The second-order valence-corrected chi connectivity index (χ2v) is 10.5. The van der Waals surface area contributed by atoms with Crippen molar-refractivity contribution in [1.29, 1.82) is 0 Å². The van der Waals surface area contributed by atoms with Gasteiger partial charge in [0, 0.05) is 24.7 Å². The van der Waals surface area contributed by atoms with E-state index in [0.717, 1.165) is 5.56 Å². The average molecular weight is 508 g/mol. The molecule has 1 fully saturated rings. The second kappa shape index (κ2) is 8.87. The highest BCUT2D eigenvalue weighted by atomic mass is 32.2. The number of anilines is 1. The van der Waals surface area contributed by atoms with E-state index in [9.17, 15) is 18.0 Å². The van der Waals surface area contributed by atoms with Crippen LogP contribution in [0.1, 0.15) is 23.5 Å². The van der Waals surface area contributed by atoms with Crippen molar-refractivity contribution in [2.75, 3.05) is 18.7 Å². The Bertz CT molecular complexity index is 1440. The van der Waals surface area contributed by atoms with Crippen LogP contribution >= 0.6 is 0 Å². The van der Waals surface area contributed by atoms with Crippen molar-refractivity contribution in [1.82, 2.24) is 10.0 Å². The maximum Gasteiger partial charge on any atom is 0.329 e. The number of hydrogen-bond donors (Lipinski definition) is 2. The Morgan fingerprint density at radius 3 is 2.42 bits per heavy atom. The van der Waals surface area contributed by atoms with Gasteiger partial charge in [-0.05, 0) is 42.7 Å². The molecule has 2 unspecified atom stereocenters. The molecule has 1 aliphatic carbocycles. The maximum atomic E-state index is 13.8. The first kappa shape index (κ1) is 23.7. The topological polar surface area (TPSA) is 114 Å². The van der Waals surface area contributed by atoms with Crippen LogP contribution in [0.2, 0.25) is 0 Å². The van der Waals surface area contributed by atoms with Gasteiger partial charge in [0.05, 0.1) is 4.90 Å². The van der Waals surface area contributed by atoms with Gasteiger partial charge in [-0.3, -0.25) is 4.79 Å². The van der Waals surface area contributed by atoms with Gasteiger partial charge in [0.15, 0.2) is 11.5 Å². The lowest BCUT2D eigenvalue weighted by atomic mass is 10.0. The summed E-state index contributed by atoms with van der Waals surface area (Å²) in [5.74, 6) is 0.404. The molecule has 10 heteroatoms. The minimum absolute atomic E-state index is 0.00610. The van der Waals surface area contributed by atoms with E-state index in [0.29, 0.717) is 29.2 Å². The molecule has 1 aliphatic heterocycles. The molecule has 1 saturated carbocycles. The number of likely N-dealkylation sites (N-methyl/N-ethyl adjacent to an activating group) is 1. The van der Waals surface area contributed by atoms with E-state index < -0.39 is 21.6 Å². The summed E-state index contributed by atoms with van der Waals surface area (Å²) in [4.78, 5) is 28.2. The first-order valence-corrected chi connectivity index (χ1v) is 12.8. The van der Waals surface area contributed by atoms with Crippen molar-refractivity contribution in [3.05, 3.63) is 83.9 Å². The highest BCUT2D eigenvalue weighted by molar-refractivity contribution is 7.90. The minimum atomic E-state index is -4.14. The third kappa shape index (κ3) is 4.24. The number of nitrogens with zero attached hydrogens (tertiary/aromatic N) is 1. The molecule has 1 heterocycles. The van der Waals surface area contributed by atoms with Crippen molar-refractivity contribution in [2.24, 2.45) is 0 Å². The number of aryl methyl sites for hydroxylation is 1. The fourth-order valence-electron chi connectivity index (χ4n) is 4.55. The van der Waals surface area contributed by atoms with Crippen molar-refractivity contribution >= 4 is 27.6 Å². The molecule has 5 rings (SSSR count). The Morgan fingerprint density at radius 1 is 0.972 bits per heavy atom. The van der Waals surface area contributed by atoms with Gasteiger partial charge >= 0.3 is 6.03 Å². The predicted octanol–water partition coefficient (Wildman–Crippen LogP) is 3.30. The van der Waals surface area contributed by atoms with Crippen LogP contribution in [0.5, 0.6) is 11.5 Å². The van der Waals surface area contributed by atoms with Crippen LogP contribution in [-0.2, 0) is 14.8 Å². The fraction of sp³-hybridized carbons (Fsp3) is 0.231. The van der Waals surface area contributed by atoms with E-state index in [2.05, 4.69) is 10.0 Å². The van der Waals surface area contributed by atoms with Crippen molar-refractivity contribution in [3.63, 3.8) is 0 Å². The highest BCUT2D eigenvalue weighted by Gasteiger charge is 2.63. The summed E-state index contributed by atoms with van der Waals surface area (Å²) in [7, 11) is -2.54. The van der Waals surface area contributed by atoms with Crippen molar-refractivity contribution in [3.8, 4) is 11.5 Å². The average Bonchev–Trinajstić information content (AvgIpc) is 3.38. The first-order valence-electron chi connectivity index (χ1n) is 11.3. The quantitative estimate of drug-likeness (QED) is 0.529. The molecule has 2 aliphatic rings. The predicted molar refractivity (Wildman–Crippen MR) is 133 cm³/mol. The molecule has 186 valence electrons. The summed E-state index contributed by atoms with van der Waals surface area (Å²) in [5.41, 5.74) is 0.599. The number of urea groups is 1. The molecule has 0 radical (unpaired) electrons. The molecular weight excluding hydrogens is 482 g/mol. The number of ether oxygens (including phenoxy) is 2. The number of nitrogens with one attached hydrogen (secondary N) is 2. The van der Waals surface area contributed by atoms with Gasteiger partial charge in [-0.15, -0.1) is 0 Å². The van der Waals surface area contributed by atoms with Gasteiger partial charge < -0.3 is 19.7 Å². The number of rotatable bonds is 6. The zero-order valence-electron chi connectivity index (χ0n) is 19.7. The molecule has 3 aromatic rings. The molecule has 3 amide bonds. The van der Waals surface area contributed by atoms with Gasteiger partial charge in [-0.2, -0.15) is 0 Å². The van der Waals surface area contributed by atoms with Crippen LogP contribution in [0, 0.1) is 6.92 Å². The third-order valence-corrected chi connectivity index (χ3v) is 8.03. The lowest BCUT2D eigenvalue weighted by molar-refractivity contribution is -0.121. The van der Waals surface area contributed by atoms with Crippen molar-refractivity contribution in [2.45, 2.75) is 29.7 Å².